The van der Waals surface area contributed by atoms with Crippen molar-refractivity contribution in [1.82, 2.24) is 4.90 Å². The number of hydrogen-bond acceptors (Lipinski definition) is 1. The SMILES string of the molecule is c1ccc(C(CCCN2CCCCC2)C2Cc3ccccc3C2)cc1. The number of fused-ring (bicyclic) bond motifs is 1. The molecule has 4 rings (SSSR count). The van der Waals surface area contributed by atoms with Crippen molar-refractivity contribution in [3.8, 4) is 0 Å². The quantitative estimate of drug-likeness (QED) is 0.679. The lowest BCUT2D eigenvalue weighted by molar-refractivity contribution is 0.220. The maximum Gasteiger partial charge on any atom is -0.00185 e. The zero-order valence-corrected chi connectivity index (χ0v) is 15.4. The van der Waals surface area contributed by atoms with Crippen molar-refractivity contribution in [2.24, 2.45) is 5.92 Å². The molecule has 0 spiro atoms. The van der Waals surface area contributed by atoms with E-state index in [0.29, 0.717) is 5.92 Å². The highest BCUT2D eigenvalue weighted by Crippen LogP contribution is 2.39. The van der Waals surface area contributed by atoms with Gasteiger partial charge in [-0.2, -0.15) is 0 Å². The van der Waals surface area contributed by atoms with E-state index >= 15 is 0 Å². The van der Waals surface area contributed by atoms with Crippen molar-refractivity contribution in [3.63, 3.8) is 0 Å². The Kier molecular flexibility index (Phi) is 5.52. The Morgan fingerprint density at radius 1 is 0.800 bits per heavy atom. The third-order valence-electron chi connectivity index (χ3n) is 6.32. The van der Waals surface area contributed by atoms with E-state index in [1.54, 1.807) is 16.7 Å². The Morgan fingerprint density at radius 3 is 2.12 bits per heavy atom. The summed E-state index contributed by atoms with van der Waals surface area (Å²) in [6, 6.07) is 20.4. The van der Waals surface area contributed by atoms with Crippen LogP contribution in [0.15, 0.2) is 54.6 Å². The summed E-state index contributed by atoms with van der Waals surface area (Å²) in [6.45, 7) is 3.94. The monoisotopic (exact) mass is 333 g/mol. The largest absolute Gasteiger partial charge is 0.303 e. The fraction of sp³-hybridized carbons (Fsp3) is 0.500. The number of nitrogens with zero attached hydrogens (tertiary/aromatic N) is 1. The zero-order chi connectivity index (χ0) is 16.9. The second-order valence-corrected chi connectivity index (χ2v) is 8.00. The Labute approximate surface area is 153 Å². The third kappa shape index (κ3) is 4.15. The van der Waals surface area contributed by atoms with Gasteiger partial charge in [0.25, 0.3) is 0 Å². The maximum absolute atomic E-state index is 2.69. The Bertz CT molecular complexity index is 632. The Balaban J connectivity index is 1.42. The first-order valence-electron chi connectivity index (χ1n) is 10.2. The first-order valence-corrected chi connectivity index (χ1v) is 10.2. The highest BCUT2D eigenvalue weighted by molar-refractivity contribution is 5.34. The fourth-order valence-electron chi connectivity index (χ4n) is 4.97. The van der Waals surface area contributed by atoms with E-state index in [0.717, 1.165) is 5.92 Å². The van der Waals surface area contributed by atoms with E-state index in [-0.39, 0.29) is 0 Å². The van der Waals surface area contributed by atoms with Crippen LogP contribution in [0.2, 0.25) is 0 Å². The van der Waals surface area contributed by atoms with Crippen molar-refractivity contribution >= 4 is 0 Å². The summed E-state index contributed by atoms with van der Waals surface area (Å²) in [7, 11) is 0. The van der Waals surface area contributed by atoms with Gasteiger partial charge in [0.2, 0.25) is 0 Å². The number of benzene rings is 2. The van der Waals surface area contributed by atoms with Crippen molar-refractivity contribution in [3.05, 3.63) is 71.3 Å². The van der Waals surface area contributed by atoms with Crippen LogP contribution in [0.3, 0.4) is 0 Å². The average Bonchev–Trinajstić information content (AvgIpc) is 3.10. The van der Waals surface area contributed by atoms with Gasteiger partial charge < -0.3 is 4.90 Å². The van der Waals surface area contributed by atoms with Crippen LogP contribution in [0.1, 0.15) is 54.7 Å². The molecular weight excluding hydrogens is 302 g/mol. The molecule has 0 saturated carbocycles. The number of rotatable bonds is 6. The highest BCUT2D eigenvalue weighted by Gasteiger charge is 2.29. The molecule has 1 saturated heterocycles. The molecule has 25 heavy (non-hydrogen) atoms. The van der Waals surface area contributed by atoms with Gasteiger partial charge in [-0.25, -0.2) is 0 Å². The number of piperidine rings is 1. The van der Waals surface area contributed by atoms with Crippen LogP contribution < -0.4 is 0 Å². The predicted molar refractivity (Wildman–Crippen MR) is 106 cm³/mol. The second kappa shape index (κ2) is 8.19. The van der Waals surface area contributed by atoms with Gasteiger partial charge in [0.05, 0.1) is 0 Å². The van der Waals surface area contributed by atoms with E-state index in [1.807, 2.05) is 0 Å². The molecule has 1 aliphatic carbocycles. The van der Waals surface area contributed by atoms with Crippen LogP contribution in [0.5, 0.6) is 0 Å². The molecular formula is C24H31N. The predicted octanol–water partition coefficient (Wildman–Crippen LogP) is 5.45. The summed E-state index contributed by atoms with van der Waals surface area (Å²) in [5, 5.41) is 0. The van der Waals surface area contributed by atoms with Crippen LogP contribution in [0.25, 0.3) is 0 Å². The van der Waals surface area contributed by atoms with E-state index in [4.69, 9.17) is 0 Å². The van der Waals surface area contributed by atoms with E-state index in [9.17, 15) is 0 Å². The van der Waals surface area contributed by atoms with E-state index in [2.05, 4.69) is 59.5 Å². The summed E-state index contributed by atoms with van der Waals surface area (Å²) in [5.74, 6) is 1.49. The topological polar surface area (TPSA) is 3.24 Å². The molecule has 1 unspecified atom stereocenters. The minimum absolute atomic E-state index is 0.707. The van der Waals surface area contributed by atoms with Crippen molar-refractivity contribution in [1.29, 1.82) is 0 Å². The van der Waals surface area contributed by atoms with E-state index in [1.165, 1.54) is 64.6 Å². The lowest BCUT2D eigenvalue weighted by atomic mass is 9.81. The molecule has 0 amide bonds. The van der Waals surface area contributed by atoms with Crippen LogP contribution in [-0.4, -0.2) is 24.5 Å². The summed E-state index contributed by atoms with van der Waals surface area (Å²) in [6.07, 6.45) is 9.44. The van der Waals surface area contributed by atoms with Crippen molar-refractivity contribution in [2.75, 3.05) is 19.6 Å². The third-order valence-corrected chi connectivity index (χ3v) is 6.32. The Hall–Kier alpha value is -1.60. The summed E-state index contributed by atoms with van der Waals surface area (Å²) < 4.78 is 0. The average molecular weight is 334 g/mol. The lowest BCUT2D eigenvalue weighted by Gasteiger charge is -2.28. The molecule has 0 N–H and O–H groups in total. The molecule has 1 nitrogen and oxygen atoms in total. The van der Waals surface area contributed by atoms with Gasteiger partial charge >= 0.3 is 0 Å². The summed E-state index contributed by atoms with van der Waals surface area (Å²) in [5.41, 5.74) is 4.73. The summed E-state index contributed by atoms with van der Waals surface area (Å²) in [4.78, 5) is 2.69. The molecule has 0 radical (unpaired) electrons. The first-order chi connectivity index (χ1) is 12.4. The molecule has 2 aromatic carbocycles. The van der Waals surface area contributed by atoms with Gasteiger partial charge in [-0.05, 0) is 86.7 Å². The standard InChI is InChI=1S/C24H31N/c1-3-10-20(11-4-1)24(14-9-17-25-15-7-2-8-16-25)23-18-21-12-5-6-13-22(21)19-23/h1,3-6,10-13,23-24H,2,7-9,14-19H2. The Morgan fingerprint density at radius 2 is 1.44 bits per heavy atom. The van der Waals surface area contributed by atoms with Crippen LogP contribution in [0, 0.1) is 5.92 Å². The molecule has 1 heterocycles. The fourth-order valence-corrected chi connectivity index (χ4v) is 4.97. The maximum atomic E-state index is 2.69. The van der Waals surface area contributed by atoms with Crippen LogP contribution in [-0.2, 0) is 12.8 Å². The highest BCUT2D eigenvalue weighted by atomic mass is 15.1. The van der Waals surface area contributed by atoms with Gasteiger partial charge in [0, 0.05) is 0 Å². The van der Waals surface area contributed by atoms with Crippen LogP contribution >= 0.6 is 0 Å². The zero-order valence-electron chi connectivity index (χ0n) is 15.4. The second-order valence-electron chi connectivity index (χ2n) is 8.00. The lowest BCUT2D eigenvalue weighted by Crippen LogP contribution is -2.31. The molecule has 1 aliphatic heterocycles. The first kappa shape index (κ1) is 16.8. The van der Waals surface area contributed by atoms with Gasteiger partial charge in [-0.3, -0.25) is 0 Å². The molecule has 0 aromatic heterocycles. The normalized spacial score (nSPS) is 19.7. The molecule has 132 valence electrons. The number of likely N-dealkylation sites (tertiary alicyclic amines) is 1. The van der Waals surface area contributed by atoms with Gasteiger partial charge in [0.15, 0.2) is 0 Å². The van der Waals surface area contributed by atoms with Gasteiger partial charge in [-0.1, -0.05) is 61.0 Å². The number of hydrogen-bond donors (Lipinski definition) is 0. The molecule has 1 fully saturated rings. The minimum atomic E-state index is 0.707. The van der Waals surface area contributed by atoms with Crippen molar-refractivity contribution in [2.45, 2.75) is 50.9 Å². The minimum Gasteiger partial charge on any atom is -0.303 e. The summed E-state index contributed by atoms with van der Waals surface area (Å²) >= 11 is 0. The van der Waals surface area contributed by atoms with Gasteiger partial charge in [-0.15, -0.1) is 0 Å². The van der Waals surface area contributed by atoms with E-state index < -0.39 is 0 Å². The molecule has 1 atom stereocenters. The molecule has 2 aromatic rings. The molecule has 0 bridgehead atoms. The van der Waals surface area contributed by atoms with Crippen LogP contribution in [0.4, 0.5) is 0 Å². The molecule has 2 aliphatic rings. The van der Waals surface area contributed by atoms with Gasteiger partial charge in [0.1, 0.15) is 0 Å². The smallest absolute Gasteiger partial charge is 0.00185 e. The molecule has 1 heteroatoms. The van der Waals surface area contributed by atoms with Crippen molar-refractivity contribution < 1.29 is 0 Å².